The van der Waals surface area contributed by atoms with E-state index in [-0.39, 0.29) is 19.4 Å². The van der Waals surface area contributed by atoms with Crippen molar-refractivity contribution < 1.29 is 41.8 Å². The number of ether oxygens (including phenoxy) is 3. The maximum absolute atomic E-state index is 14.7. The van der Waals surface area contributed by atoms with E-state index in [2.05, 4.69) is 15.4 Å². The van der Waals surface area contributed by atoms with Gasteiger partial charge in [0.1, 0.15) is 51.5 Å². The van der Waals surface area contributed by atoms with Gasteiger partial charge in [0.15, 0.2) is 0 Å². The number of rotatable bonds is 8. The number of aromatic nitrogens is 2. The van der Waals surface area contributed by atoms with Crippen LogP contribution in [0, 0.1) is 5.92 Å². The molecule has 1 saturated heterocycles. The van der Waals surface area contributed by atoms with Crippen molar-refractivity contribution >= 4 is 56.1 Å². The molecule has 3 aromatic rings. The number of nitrogens with one attached hydrogen (secondary N) is 3. The molecule has 8 rings (SSSR count). The Morgan fingerprint density at radius 2 is 1.85 bits per heavy atom. The number of thiazole rings is 1. The molecule has 316 valence electrons. The zero-order valence-electron chi connectivity index (χ0n) is 33.9. The Morgan fingerprint density at radius 1 is 1.03 bits per heavy atom. The third-order valence-electron chi connectivity index (χ3n) is 11.6. The highest BCUT2D eigenvalue weighted by atomic mass is 32.2. The minimum atomic E-state index is -3.91. The predicted molar refractivity (Wildman–Crippen MR) is 220 cm³/mol. The Balaban J connectivity index is 1.13. The molecule has 0 bridgehead atoms. The molecule has 15 nitrogen and oxygen atoms in total. The van der Waals surface area contributed by atoms with Crippen LogP contribution >= 0.6 is 11.3 Å². The summed E-state index contributed by atoms with van der Waals surface area (Å²) < 4.78 is 45.9. The molecule has 5 atom stereocenters. The van der Waals surface area contributed by atoms with Crippen LogP contribution in [0.25, 0.3) is 21.6 Å². The van der Waals surface area contributed by atoms with Crippen molar-refractivity contribution in [3.63, 3.8) is 0 Å². The first-order valence-corrected chi connectivity index (χ1v) is 23.0. The smallest absolute Gasteiger partial charge is 0.408 e. The Bertz CT molecular complexity index is 2280. The number of hydrogen-bond donors (Lipinski definition) is 3. The van der Waals surface area contributed by atoms with Gasteiger partial charge in [-0.05, 0) is 90.7 Å². The van der Waals surface area contributed by atoms with Gasteiger partial charge >= 0.3 is 6.09 Å². The lowest BCUT2D eigenvalue weighted by atomic mass is 10.0. The quantitative estimate of drug-likeness (QED) is 0.255. The molecule has 4 heterocycles. The summed E-state index contributed by atoms with van der Waals surface area (Å²) in [5.41, 5.74) is 0.0132. The Morgan fingerprint density at radius 3 is 2.59 bits per heavy atom. The number of aryl methyl sites for hydroxylation is 2. The SMILES string of the molecule is COc1ccc2c(OC3CC4C(=O)NC5(C(=O)NS(=O)(=O)C6CC6)CC5/C=C\CCCCCC(NC(=O)OC(C)(C)C)C(=O)N4C3)cc(-c3nc4c(s3)CCC4)nc2c1. The van der Waals surface area contributed by atoms with Gasteiger partial charge in [-0.1, -0.05) is 25.0 Å². The van der Waals surface area contributed by atoms with Gasteiger partial charge in [0.05, 0.1) is 30.1 Å². The topological polar surface area (TPSA) is 195 Å². The molecule has 1 aromatic carbocycles. The average molecular weight is 849 g/mol. The molecule has 4 amide bonds. The van der Waals surface area contributed by atoms with Crippen molar-refractivity contribution in [1.29, 1.82) is 0 Å². The van der Waals surface area contributed by atoms with Gasteiger partial charge in [-0.3, -0.25) is 19.1 Å². The van der Waals surface area contributed by atoms with Crippen LogP contribution in [0.15, 0.2) is 36.4 Å². The molecule has 5 aliphatic rings. The fourth-order valence-electron chi connectivity index (χ4n) is 8.29. The number of allylic oxidation sites excluding steroid dienone is 1. The number of sulfonamides is 1. The molecule has 0 radical (unpaired) electrons. The van der Waals surface area contributed by atoms with Crippen LogP contribution < -0.4 is 24.8 Å². The van der Waals surface area contributed by atoms with Crippen molar-refractivity contribution in [3.8, 4) is 22.2 Å². The largest absolute Gasteiger partial charge is 0.497 e. The van der Waals surface area contributed by atoms with E-state index in [1.807, 2.05) is 36.4 Å². The minimum absolute atomic E-state index is 0.0111. The maximum Gasteiger partial charge on any atom is 0.408 e. The number of nitrogens with zero attached hydrogens (tertiary/aromatic N) is 3. The molecule has 2 saturated carbocycles. The third-order valence-corrected chi connectivity index (χ3v) is 14.6. The van der Waals surface area contributed by atoms with Gasteiger partial charge in [0, 0.05) is 34.7 Å². The lowest BCUT2D eigenvalue weighted by Gasteiger charge is -2.30. The summed E-state index contributed by atoms with van der Waals surface area (Å²) in [7, 11) is -2.32. The predicted octanol–water partition coefficient (Wildman–Crippen LogP) is 5.10. The van der Waals surface area contributed by atoms with E-state index in [1.54, 1.807) is 39.2 Å². The first-order chi connectivity index (χ1) is 28.1. The number of amides is 4. The fraction of sp³-hybridized carbons (Fsp3) is 0.571. The molecule has 3 fully saturated rings. The molecule has 5 unspecified atom stereocenters. The number of methoxy groups -OCH3 is 1. The van der Waals surface area contributed by atoms with E-state index in [1.165, 1.54) is 9.78 Å². The number of pyridine rings is 1. The fourth-order valence-corrected chi connectivity index (χ4v) is 10.8. The van der Waals surface area contributed by atoms with Crippen molar-refractivity contribution in [3.05, 3.63) is 47.0 Å². The number of carbonyl (C=O) groups is 4. The molecule has 0 spiro atoms. The second kappa shape index (κ2) is 16.0. The summed E-state index contributed by atoms with van der Waals surface area (Å²) in [5, 5.41) is 6.53. The minimum Gasteiger partial charge on any atom is -0.497 e. The van der Waals surface area contributed by atoms with Gasteiger partial charge in [0.2, 0.25) is 21.8 Å². The van der Waals surface area contributed by atoms with Crippen LogP contribution in [0.2, 0.25) is 0 Å². The summed E-state index contributed by atoms with van der Waals surface area (Å²) in [4.78, 5) is 68.8. The van der Waals surface area contributed by atoms with Crippen molar-refractivity contribution in [1.82, 2.24) is 30.2 Å². The summed E-state index contributed by atoms with van der Waals surface area (Å²) >= 11 is 1.61. The number of benzene rings is 1. The summed E-state index contributed by atoms with van der Waals surface area (Å²) in [5.74, 6) is -1.23. The highest BCUT2D eigenvalue weighted by Crippen LogP contribution is 2.46. The highest BCUT2D eigenvalue weighted by molar-refractivity contribution is 7.91. The summed E-state index contributed by atoms with van der Waals surface area (Å²) in [6, 6.07) is 5.20. The van der Waals surface area contributed by atoms with E-state index in [0.29, 0.717) is 60.2 Å². The first kappa shape index (κ1) is 41.0. The Kier molecular flexibility index (Phi) is 11.1. The lowest BCUT2D eigenvalue weighted by molar-refractivity contribution is -0.141. The zero-order chi connectivity index (χ0) is 41.7. The van der Waals surface area contributed by atoms with E-state index < -0.39 is 74.3 Å². The first-order valence-electron chi connectivity index (χ1n) is 20.6. The molecular weight excluding hydrogens is 797 g/mol. The molecule has 17 heteroatoms. The molecule has 59 heavy (non-hydrogen) atoms. The normalized spacial score (nSPS) is 26.7. The lowest BCUT2D eigenvalue weighted by Crippen LogP contribution is -2.58. The van der Waals surface area contributed by atoms with Gasteiger partial charge in [0.25, 0.3) is 5.91 Å². The molecular formula is C42H52N6O9S2. The number of alkyl carbamates (subject to hydrolysis) is 1. The van der Waals surface area contributed by atoms with Crippen LogP contribution in [-0.2, 0) is 42.0 Å². The van der Waals surface area contributed by atoms with Gasteiger partial charge in [-0.25, -0.2) is 23.2 Å². The van der Waals surface area contributed by atoms with Crippen molar-refractivity contribution in [2.45, 2.75) is 132 Å². The molecule has 2 aliphatic heterocycles. The standard InChI is InChI=1S/C42H52N6O9S2/c1-41(2,3)57-40(52)45-30-12-9-7-5-6-8-11-24-22-42(24,39(51)47-59(53,54)27-16-17-27)46-36(49)33-20-26(23-48(33)38(30)50)56-34-21-32(37-44-29-13-10-14-35(29)58-37)43-31-19-25(55-4)15-18-28(31)34/h8,11,15,18-19,21,24,26-27,30,33H,5-7,9-10,12-14,16-17,20,22-23H2,1-4H3,(H,45,52)(H,46,49)(H,47,51)/b11-8-. The van der Waals surface area contributed by atoms with Gasteiger partial charge in [-0.2, -0.15) is 0 Å². The van der Waals surface area contributed by atoms with Crippen LogP contribution in [-0.4, -0.2) is 95.3 Å². The van der Waals surface area contributed by atoms with E-state index >= 15 is 0 Å². The number of hydrogen-bond acceptors (Lipinski definition) is 12. The second-order valence-electron chi connectivity index (χ2n) is 17.3. The number of fused-ring (bicyclic) bond motifs is 4. The van der Waals surface area contributed by atoms with Crippen LogP contribution in [0.4, 0.5) is 4.79 Å². The zero-order valence-corrected chi connectivity index (χ0v) is 35.5. The van der Waals surface area contributed by atoms with Crippen molar-refractivity contribution in [2.75, 3.05) is 13.7 Å². The van der Waals surface area contributed by atoms with Crippen molar-refractivity contribution in [2.24, 2.45) is 5.92 Å². The summed E-state index contributed by atoms with van der Waals surface area (Å²) in [6.07, 6.45) is 9.73. The highest BCUT2D eigenvalue weighted by Gasteiger charge is 2.62. The molecule has 3 N–H and O–H groups in total. The van der Waals surface area contributed by atoms with Crippen LogP contribution in [0.1, 0.15) is 95.6 Å². The Hall–Kier alpha value is -4.77. The van der Waals surface area contributed by atoms with Gasteiger partial charge in [-0.15, -0.1) is 11.3 Å². The maximum atomic E-state index is 14.7. The van der Waals surface area contributed by atoms with Gasteiger partial charge < -0.3 is 29.7 Å². The van der Waals surface area contributed by atoms with E-state index in [0.717, 1.165) is 42.8 Å². The average Bonchev–Trinajstić information content (AvgIpc) is 4.00. The second-order valence-corrected chi connectivity index (χ2v) is 20.4. The Labute approximate surface area is 348 Å². The van der Waals surface area contributed by atoms with E-state index in [9.17, 15) is 27.6 Å². The third kappa shape index (κ3) is 8.91. The summed E-state index contributed by atoms with van der Waals surface area (Å²) in [6.45, 7) is 5.20. The van der Waals surface area contributed by atoms with E-state index in [4.69, 9.17) is 24.2 Å². The molecule has 2 aromatic heterocycles. The van der Waals surface area contributed by atoms with Crippen LogP contribution in [0.3, 0.4) is 0 Å². The van der Waals surface area contributed by atoms with Crippen LogP contribution in [0.5, 0.6) is 11.5 Å². The number of carbonyl (C=O) groups excluding carboxylic acids is 4. The molecule has 3 aliphatic carbocycles. The monoisotopic (exact) mass is 848 g/mol.